The molecule has 4 rings (SSSR count). The van der Waals surface area contributed by atoms with Crippen molar-refractivity contribution >= 4 is 5.91 Å². The van der Waals surface area contributed by atoms with Crippen LogP contribution in [-0.2, 0) is 11.2 Å². The summed E-state index contributed by atoms with van der Waals surface area (Å²) in [4.78, 5) is 17.7. The number of nitrogens with zero attached hydrogens (tertiary/aromatic N) is 2. The average Bonchev–Trinajstić information content (AvgIpc) is 3.34. The summed E-state index contributed by atoms with van der Waals surface area (Å²) in [5.74, 6) is 0.743. The van der Waals surface area contributed by atoms with Crippen molar-refractivity contribution in [1.29, 1.82) is 0 Å². The number of nitrogens with one attached hydrogen (secondary N) is 2. The summed E-state index contributed by atoms with van der Waals surface area (Å²) < 4.78 is 0. The van der Waals surface area contributed by atoms with Crippen molar-refractivity contribution in [2.24, 2.45) is 17.6 Å². The molecule has 0 saturated heterocycles. The molecule has 1 amide bonds. The molecule has 2 aromatic heterocycles. The van der Waals surface area contributed by atoms with Gasteiger partial charge in [0.15, 0.2) is 0 Å². The van der Waals surface area contributed by atoms with Crippen molar-refractivity contribution in [1.82, 2.24) is 20.5 Å². The first-order valence-corrected chi connectivity index (χ1v) is 10.7. The van der Waals surface area contributed by atoms with Crippen LogP contribution in [0.5, 0.6) is 0 Å². The zero-order chi connectivity index (χ0) is 20.8. The van der Waals surface area contributed by atoms with Gasteiger partial charge in [0.25, 0.3) is 0 Å². The quantitative estimate of drug-likeness (QED) is 0.561. The zero-order valence-corrected chi connectivity index (χ0v) is 17.1. The summed E-state index contributed by atoms with van der Waals surface area (Å²) in [7, 11) is 0. The van der Waals surface area contributed by atoms with E-state index in [1.807, 2.05) is 36.5 Å². The molecule has 0 bridgehead atoms. The van der Waals surface area contributed by atoms with E-state index in [1.54, 1.807) is 12.4 Å². The van der Waals surface area contributed by atoms with Crippen LogP contribution in [0.25, 0.3) is 11.1 Å². The van der Waals surface area contributed by atoms with Crippen LogP contribution < -0.4 is 11.1 Å². The highest BCUT2D eigenvalue weighted by atomic mass is 16.1. The Kier molecular flexibility index (Phi) is 6.54. The lowest BCUT2D eigenvalue weighted by molar-refractivity contribution is -0.127. The van der Waals surface area contributed by atoms with Crippen molar-refractivity contribution in [3.8, 4) is 11.1 Å². The summed E-state index contributed by atoms with van der Waals surface area (Å²) >= 11 is 0. The Morgan fingerprint density at radius 3 is 2.63 bits per heavy atom. The summed E-state index contributed by atoms with van der Waals surface area (Å²) in [5, 5.41) is 10.2. The van der Waals surface area contributed by atoms with Crippen molar-refractivity contribution < 1.29 is 4.79 Å². The minimum atomic E-state index is -0.181. The number of H-pyrrole nitrogens is 1. The van der Waals surface area contributed by atoms with Crippen LogP contribution in [0, 0.1) is 11.8 Å². The number of carbonyl (C=O) groups excluding carboxylic acids is 1. The SMILES string of the molecule is NC[C@H]1CC[C@H](C(=O)NC(Cc2ccccc2)c2cc(-c3cn[nH]c3)ccn2)CC1. The molecule has 0 aliphatic heterocycles. The van der Waals surface area contributed by atoms with Gasteiger partial charge in [-0.25, -0.2) is 0 Å². The Morgan fingerprint density at radius 2 is 1.93 bits per heavy atom. The van der Waals surface area contributed by atoms with Crippen LogP contribution in [0.1, 0.15) is 43.0 Å². The predicted molar refractivity (Wildman–Crippen MR) is 117 cm³/mol. The van der Waals surface area contributed by atoms with Crippen molar-refractivity contribution in [3.63, 3.8) is 0 Å². The normalized spacial score (nSPS) is 19.9. The van der Waals surface area contributed by atoms with Gasteiger partial charge in [-0.05, 0) is 67.8 Å². The number of amides is 1. The molecule has 1 atom stereocenters. The summed E-state index contributed by atoms with van der Waals surface area (Å²) in [6, 6.07) is 14.1. The summed E-state index contributed by atoms with van der Waals surface area (Å²) in [5.41, 5.74) is 9.88. The molecule has 1 fully saturated rings. The van der Waals surface area contributed by atoms with E-state index in [1.165, 1.54) is 5.56 Å². The number of pyridine rings is 1. The van der Waals surface area contributed by atoms with Crippen molar-refractivity contribution in [2.45, 2.75) is 38.1 Å². The van der Waals surface area contributed by atoms with Gasteiger partial charge in [0, 0.05) is 23.9 Å². The molecular formula is C24H29N5O. The highest BCUT2D eigenvalue weighted by Crippen LogP contribution is 2.29. The third kappa shape index (κ3) is 4.94. The van der Waals surface area contributed by atoms with Gasteiger partial charge in [0.2, 0.25) is 5.91 Å². The Bertz CT molecular complexity index is 933. The Hall–Kier alpha value is -2.99. The average molecular weight is 404 g/mol. The van der Waals surface area contributed by atoms with Gasteiger partial charge in [-0.1, -0.05) is 30.3 Å². The maximum Gasteiger partial charge on any atom is 0.223 e. The first-order valence-electron chi connectivity index (χ1n) is 10.7. The van der Waals surface area contributed by atoms with Crippen LogP contribution in [0.2, 0.25) is 0 Å². The number of carbonyl (C=O) groups is 1. The highest BCUT2D eigenvalue weighted by molar-refractivity contribution is 5.79. The molecule has 156 valence electrons. The van der Waals surface area contributed by atoms with Crippen LogP contribution in [0.4, 0.5) is 0 Å². The van der Waals surface area contributed by atoms with Gasteiger partial charge < -0.3 is 11.1 Å². The minimum Gasteiger partial charge on any atom is -0.347 e. The zero-order valence-electron chi connectivity index (χ0n) is 17.1. The number of hydrogen-bond acceptors (Lipinski definition) is 4. The number of aromatic amines is 1. The van der Waals surface area contributed by atoms with Gasteiger partial charge in [0.1, 0.15) is 0 Å². The van der Waals surface area contributed by atoms with Gasteiger partial charge in [0.05, 0.1) is 17.9 Å². The smallest absolute Gasteiger partial charge is 0.223 e. The fourth-order valence-corrected chi connectivity index (χ4v) is 4.26. The summed E-state index contributed by atoms with van der Waals surface area (Å²) in [6.07, 6.45) is 10.0. The maximum atomic E-state index is 13.1. The molecule has 0 radical (unpaired) electrons. The third-order valence-electron chi connectivity index (χ3n) is 6.12. The van der Waals surface area contributed by atoms with E-state index < -0.39 is 0 Å². The van der Waals surface area contributed by atoms with Gasteiger partial charge in [-0.2, -0.15) is 5.10 Å². The summed E-state index contributed by atoms with van der Waals surface area (Å²) in [6.45, 7) is 0.718. The number of rotatable bonds is 7. The first kappa shape index (κ1) is 20.3. The molecule has 1 aliphatic rings. The van der Waals surface area contributed by atoms with Crippen molar-refractivity contribution in [3.05, 3.63) is 72.3 Å². The molecule has 0 spiro atoms. The largest absolute Gasteiger partial charge is 0.347 e. The molecule has 30 heavy (non-hydrogen) atoms. The van der Waals surface area contributed by atoms with E-state index >= 15 is 0 Å². The molecule has 1 saturated carbocycles. The first-order chi connectivity index (χ1) is 14.7. The lowest BCUT2D eigenvalue weighted by Gasteiger charge is -2.28. The van der Waals surface area contributed by atoms with E-state index in [0.717, 1.165) is 49.0 Å². The molecule has 6 nitrogen and oxygen atoms in total. The van der Waals surface area contributed by atoms with E-state index in [-0.39, 0.29) is 17.9 Å². The van der Waals surface area contributed by atoms with E-state index in [0.29, 0.717) is 12.3 Å². The van der Waals surface area contributed by atoms with E-state index in [9.17, 15) is 4.79 Å². The van der Waals surface area contributed by atoms with Crippen LogP contribution in [0.3, 0.4) is 0 Å². The molecule has 1 aliphatic carbocycles. The van der Waals surface area contributed by atoms with Crippen LogP contribution in [0.15, 0.2) is 61.1 Å². The Morgan fingerprint density at radius 1 is 1.13 bits per heavy atom. The number of aromatic nitrogens is 3. The molecule has 3 aromatic rings. The number of hydrogen-bond donors (Lipinski definition) is 3. The second kappa shape index (κ2) is 9.67. The number of benzene rings is 1. The second-order valence-electron chi connectivity index (χ2n) is 8.16. The van der Waals surface area contributed by atoms with Crippen LogP contribution >= 0.6 is 0 Å². The monoisotopic (exact) mass is 403 g/mol. The third-order valence-corrected chi connectivity index (χ3v) is 6.12. The predicted octanol–water partition coefficient (Wildman–Crippen LogP) is 3.64. The fourth-order valence-electron chi connectivity index (χ4n) is 4.26. The van der Waals surface area contributed by atoms with Gasteiger partial charge in [-0.3, -0.25) is 14.9 Å². The van der Waals surface area contributed by atoms with E-state index in [2.05, 4.69) is 32.6 Å². The minimum absolute atomic E-state index is 0.0585. The maximum absolute atomic E-state index is 13.1. The standard InChI is InChI=1S/C24H29N5O/c25-14-18-6-8-19(9-7-18)24(30)29-23(12-17-4-2-1-3-5-17)22-13-20(10-11-26-22)21-15-27-28-16-21/h1-5,10-11,13,15-16,18-19,23H,6-9,12,14,25H2,(H,27,28)(H,29,30)/t18-,19-,23?. The lowest BCUT2D eigenvalue weighted by Crippen LogP contribution is -2.37. The molecule has 4 N–H and O–H groups in total. The second-order valence-corrected chi connectivity index (χ2v) is 8.16. The molecule has 1 aromatic carbocycles. The van der Waals surface area contributed by atoms with Gasteiger partial charge in [-0.15, -0.1) is 0 Å². The van der Waals surface area contributed by atoms with E-state index in [4.69, 9.17) is 5.73 Å². The van der Waals surface area contributed by atoms with Crippen LogP contribution in [-0.4, -0.2) is 27.6 Å². The topological polar surface area (TPSA) is 96.7 Å². The molecule has 6 heteroatoms. The number of nitrogens with two attached hydrogens (primary N) is 1. The molecule has 1 unspecified atom stereocenters. The van der Waals surface area contributed by atoms with Crippen molar-refractivity contribution in [2.75, 3.05) is 6.54 Å². The molecule has 2 heterocycles. The fraction of sp³-hybridized carbons (Fsp3) is 0.375. The lowest BCUT2D eigenvalue weighted by atomic mass is 9.81. The van der Waals surface area contributed by atoms with Gasteiger partial charge >= 0.3 is 0 Å². The molecular weight excluding hydrogens is 374 g/mol. The Labute approximate surface area is 177 Å². The highest BCUT2D eigenvalue weighted by Gasteiger charge is 2.28. The Balaban J connectivity index is 1.54.